The Balaban J connectivity index is 2.47. The molecule has 0 aliphatic heterocycles. The van der Waals surface area contributed by atoms with Crippen molar-refractivity contribution in [2.75, 3.05) is 7.11 Å². The van der Waals surface area contributed by atoms with Gasteiger partial charge in [0.1, 0.15) is 0 Å². The van der Waals surface area contributed by atoms with Crippen molar-refractivity contribution in [3.05, 3.63) is 54.1 Å². The second-order valence-corrected chi connectivity index (χ2v) is 3.97. The van der Waals surface area contributed by atoms with Gasteiger partial charge in [-0.15, -0.1) is 6.58 Å². The molecule has 0 fully saturated rings. The third-order valence-electron chi connectivity index (χ3n) is 2.90. The zero-order chi connectivity index (χ0) is 12.3. The summed E-state index contributed by atoms with van der Waals surface area (Å²) < 4.78 is 5.32. The molecule has 0 saturated heterocycles. The molecule has 1 N–H and O–H groups in total. The largest absolute Gasteiger partial charge is 0.504 e. The van der Waals surface area contributed by atoms with E-state index in [1.54, 1.807) is 13.2 Å². The SMILES string of the molecule is C=CCc1ccc(C2=CC=CC2)c(OC)c1O. The van der Waals surface area contributed by atoms with Gasteiger partial charge in [-0.25, -0.2) is 0 Å². The first-order valence-corrected chi connectivity index (χ1v) is 5.63. The van der Waals surface area contributed by atoms with Crippen molar-refractivity contribution < 1.29 is 9.84 Å². The van der Waals surface area contributed by atoms with Crippen LogP contribution in [0.5, 0.6) is 11.5 Å². The summed E-state index contributed by atoms with van der Waals surface area (Å²) in [5, 5.41) is 10.1. The zero-order valence-corrected chi connectivity index (χ0v) is 9.94. The van der Waals surface area contributed by atoms with Gasteiger partial charge in [0, 0.05) is 11.1 Å². The topological polar surface area (TPSA) is 29.5 Å². The number of methoxy groups -OCH3 is 1. The molecular weight excluding hydrogens is 212 g/mol. The molecule has 0 aromatic heterocycles. The lowest BCUT2D eigenvalue weighted by atomic mass is 9.99. The molecule has 1 aliphatic carbocycles. The number of aromatic hydroxyl groups is 1. The molecule has 1 aliphatic rings. The molecule has 2 rings (SSSR count). The molecular formula is C15H16O2. The molecule has 0 spiro atoms. The van der Waals surface area contributed by atoms with Crippen LogP contribution in [0.3, 0.4) is 0 Å². The first-order chi connectivity index (χ1) is 8.27. The molecule has 17 heavy (non-hydrogen) atoms. The molecule has 88 valence electrons. The molecule has 0 unspecified atom stereocenters. The van der Waals surface area contributed by atoms with E-state index in [-0.39, 0.29) is 5.75 Å². The summed E-state index contributed by atoms with van der Waals surface area (Å²) in [4.78, 5) is 0. The number of phenols is 1. The van der Waals surface area contributed by atoms with Crippen LogP contribution < -0.4 is 4.74 Å². The van der Waals surface area contributed by atoms with Crippen molar-refractivity contribution in [2.24, 2.45) is 0 Å². The molecule has 0 saturated carbocycles. The van der Waals surface area contributed by atoms with Crippen molar-refractivity contribution in [3.8, 4) is 11.5 Å². The van der Waals surface area contributed by atoms with Crippen LogP contribution >= 0.6 is 0 Å². The molecule has 1 aromatic rings. The number of hydrogen-bond donors (Lipinski definition) is 1. The Hall–Kier alpha value is -1.96. The molecule has 0 amide bonds. The van der Waals surface area contributed by atoms with Crippen molar-refractivity contribution in [3.63, 3.8) is 0 Å². The molecule has 0 bridgehead atoms. The summed E-state index contributed by atoms with van der Waals surface area (Å²) in [7, 11) is 1.58. The maximum atomic E-state index is 10.1. The quantitative estimate of drug-likeness (QED) is 0.799. The highest BCUT2D eigenvalue weighted by Crippen LogP contribution is 2.39. The van der Waals surface area contributed by atoms with Gasteiger partial charge in [0.15, 0.2) is 11.5 Å². The fraction of sp³-hybridized carbons (Fsp3) is 0.200. The Kier molecular flexibility index (Phi) is 3.33. The standard InChI is InChI=1S/C15H16O2/c1-3-6-12-9-10-13(11-7-4-5-8-11)15(17-2)14(12)16/h3-5,7,9-10,16H,1,6,8H2,2H3. The van der Waals surface area contributed by atoms with Crippen LogP contribution in [0.4, 0.5) is 0 Å². The van der Waals surface area contributed by atoms with Gasteiger partial charge in [-0.1, -0.05) is 36.4 Å². The summed E-state index contributed by atoms with van der Waals surface area (Å²) in [6.45, 7) is 3.68. The molecule has 0 heterocycles. The number of rotatable bonds is 4. The maximum Gasteiger partial charge on any atom is 0.168 e. The first kappa shape index (κ1) is 11.5. The van der Waals surface area contributed by atoms with E-state index in [9.17, 15) is 5.11 Å². The van der Waals surface area contributed by atoms with Crippen LogP contribution in [-0.4, -0.2) is 12.2 Å². The third-order valence-corrected chi connectivity index (χ3v) is 2.90. The number of allylic oxidation sites excluding steroid dienone is 5. The van der Waals surface area contributed by atoms with Crippen molar-refractivity contribution in [2.45, 2.75) is 12.8 Å². The minimum atomic E-state index is 0.220. The Morgan fingerprint density at radius 2 is 2.29 bits per heavy atom. The van der Waals surface area contributed by atoms with Gasteiger partial charge in [-0.05, 0) is 18.4 Å². The highest BCUT2D eigenvalue weighted by Gasteiger charge is 2.15. The molecule has 2 nitrogen and oxygen atoms in total. The van der Waals surface area contributed by atoms with Crippen LogP contribution in [0.2, 0.25) is 0 Å². The van der Waals surface area contributed by atoms with Gasteiger partial charge in [0.05, 0.1) is 7.11 Å². The summed E-state index contributed by atoms with van der Waals surface area (Å²) >= 11 is 0. The van der Waals surface area contributed by atoms with Crippen molar-refractivity contribution in [1.82, 2.24) is 0 Å². The van der Waals surface area contributed by atoms with Gasteiger partial charge < -0.3 is 9.84 Å². The normalized spacial score (nSPS) is 13.6. The van der Waals surface area contributed by atoms with Gasteiger partial charge in [0.25, 0.3) is 0 Å². The number of ether oxygens (including phenoxy) is 1. The predicted octanol–water partition coefficient (Wildman–Crippen LogP) is 3.47. The second-order valence-electron chi connectivity index (χ2n) is 3.97. The Morgan fingerprint density at radius 3 is 2.88 bits per heavy atom. The van der Waals surface area contributed by atoms with Crippen molar-refractivity contribution in [1.29, 1.82) is 0 Å². The minimum Gasteiger partial charge on any atom is -0.504 e. The van der Waals surface area contributed by atoms with Crippen LogP contribution in [-0.2, 0) is 6.42 Å². The van der Waals surface area contributed by atoms with Crippen molar-refractivity contribution >= 4 is 5.57 Å². The van der Waals surface area contributed by atoms with E-state index >= 15 is 0 Å². The number of benzene rings is 1. The lowest BCUT2D eigenvalue weighted by molar-refractivity contribution is 0.370. The van der Waals surface area contributed by atoms with E-state index < -0.39 is 0 Å². The summed E-state index contributed by atoms with van der Waals surface area (Å²) in [5.74, 6) is 0.775. The fourth-order valence-electron chi connectivity index (χ4n) is 2.04. The number of phenolic OH excluding ortho intramolecular Hbond substituents is 1. The van der Waals surface area contributed by atoms with E-state index in [4.69, 9.17) is 4.74 Å². The van der Waals surface area contributed by atoms with Crippen LogP contribution in [0, 0.1) is 0 Å². The lowest BCUT2D eigenvalue weighted by Crippen LogP contribution is -1.94. The average Bonchev–Trinajstić information content (AvgIpc) is 2.85. The van der Waals surface area contributed by atoms with E-state index in [1.165, 1.54) is 5.57 Å². The minimum absolute atomic E-state index is 0.220. The monoisotopic (exact) mass is 228 g/mol. The fourth-order valence-corrected chi connectivity index (χ4v) is 2.04. The van der Waals surface area contributed by atoms with E-state index in [2.05, 4.69) is 12.7 Å². The average molecular weight is 228 g/mol. The molecule has 0 radical (unpaired) electrons. The molecule has 2 heteroatoms. The predicted molar refractivity (Wildman–Crippen MR) is 70.3 cm³/mol. The Bertz CT molecular complexity index is 496. The van der Waals surface area contributed by atoms with E-state index in [0.717, 1.165) is 17.5 Å². The highest BCUT2D eigenvalue weighted by atomic mass is 16.5. The lowest BCUT2D eigenvalue weighted by Gasteiger charge is -2.13. The first-order valence-electron chi connectivity index (χ1n) is 5.63. The Labute approximate surface area is 102 Å². The van der Waals surface area contributed by atoms with E-state index in [1.807, 2.05) is 24.3 Å². The summed E-state index contributed by atoms with van der Waals surface area (Å²) in [6, 6.07) is 3.92. The van der Waals surface area contributed by atoms with E-state index in [0.29, 0.717) is 12.2 Å². The van der Waals surface area contributed by atoms with Gasteiger partial charge >= 0.3 is 0 Å². The van der Waals surface area contributed by atoms with Crippen LogP contribution in [0.25, 0.3) is 5.57 Å². The molecule has 1 aromatic carbocycles. The van der Waals surface area contributed by atoms with Gasteiger partial charge in [-0.2, -0.15) is 0 Å². The summed E-state index contributed by atoms with van der Waals surface area (Å²) in [5.41, 5.74) is 2.97. The maximum absolute atomic E-state index is 10.1. The van der Waals surface area contributed by atoms with Crippen LogP contribution in [0.15, 0.2) is 43.0 Å². The highest BCUT2D eigenvalue weighted by molar-refractivity contribution is 5.77. The Morgan fingerprint density at radius 1 is 1.47 bits per heavy atom. The van der Waals surface area contributed by atoms with Crippen LogP contribution in [0.1, 0.15) is 17.5 Å². The molecule has 0 atom stereocenters. The zero-order valence-electron chi connectivity index (χ0n) is 9.94. The second kappa shape index (κ2) is 4.91. The smallest absolute Gasteiger partial charge is 0.168 e. The third kappa shape index (κ3) is 2.11. The summed E-state index contributed by atoms with van der Waals surface area (Å²) in [6.07, 6.45) is 9.44. The van der Waals surface area contributed by atoms with Gasteiger partial charge in [0.2, 0.25) is 0 Å². The van der Waals surface area contributed by atoms with Gasteiger partial charge in [-0.3, -0.25) is 0 Å². The number of hydrogen-bond acceptors (Lipinski definition) is 2.